The highest BCUT2D eigenvalue weighted by molar-refractivity contribution is 7.90. The molecule has 0 radical (unpaired) electrons. The lowest BCUT2D eigenvalue weighted by Crippen LogP contribution is -2.03. The van der Waals surface area contributed by atoms with Gasteiger partial charge in [-0.3, -0.25) is 4.18 Å². The minimum atomic E-state index is -3.53. The number of hydrogen-bond acceptors (Lipinski definition) is 3. The first-order valence-electron chi connectivity index (χ1n) is 3.92. The third-order valence-electron chi connectivity index (χ3n) is 1.78. The van der Waals surface area contributed by atoms with Gasteiger partial charge in [-0.15, -0.1) is 0 Å². The second kappa shape index (κ2) is 3.89. The van der Waals surface area contributed by atoms with Crippen molar-refractivity contribution in [3.8, 4) is 0 Å². The Morgan fingerprint density at radius 2 is 2.00 bits per heavy atom. The van der Waals surface area contributed by atoms with Crippen molar-refractivity contribution in [2.75, 3.05) is 7.11 Å². The lowest BCUT2D eigenvalue weighted by Gasteiger charge is -1.99. The molecule has 0 atom stereocenters. The van der Waals surface area contributed by atoms with Crippen molar-refractivity contribution in [1.82, 2.24) is 0 Å². The Kier molecular flexibility index (Phi) is 3.06. The second-order valence-corrected chi connectivity index (χ2v) is 4.46. The molecule has 0 aromatic heterocycles. The van der Waals surface area contributed by atoms with Crippen LogP contribution in [0.15, 0.2) is 34.8 Å². The normalized spacial score (nSPS) is 17.7. The molecule has 0 spiro atoms. The Hall–Kier alpha value is -0.870. The molecule has 1 aliphatic rings. The molecular formula is C9H12O3S. The molecule has 0 N–H and O–H groups in total. The van der Waals surface area contributed by atoms with Crippen LogP contribution in [0.5, 0.6) is 0 Å². The fourth-order valence-corrected chi connectivity index (χ4v) is 1.72. The van der Waals surface area contributed by atoms with Gasteiger partial charge >= 0.3 is 0 Å². The Labute approximate surface area is 78.5 Å². The average molecular weight is 200 g/mol. The fraction of sp³-hybridized carbons (Fsp3) is 0.333. The summed E-state index contributed by atoms with van der Waals surface area (Å²) in [6.45, 7) is 1.92. The molecule has 0 heterocycles. The van der Waals surface area contributed by atoms with Gasteiger partial charge in [0.15, 0.2) is 0 Å². The van der Waals surface area contributed by atoms with Gasteiger partial charge in [0.25, 0.3) is 10.1 Å². The van der Waals surface area contributed by atoms with Gasteiger partial charge in [0.2, 0.25) is 0 Å². The zero-order chi connectivity index (χ0) is 9.90. The smallest absolute Gasteiger partial charge is 0.270 e. The van der Waals surface area contributed by atoms with Crippen LogP contribution in [0.2, 0.25) is 0 Å². The minimum absolute atomic E-state index is 0.225. The van der Waals surface area contributed by atoms with E-state index >= 15 is 0 Å². The summed E-state index contributed by atoms with van der Waals surface area (Å²) in [4.78, 5) is 0.225. The van der Waals surface area contributed by atoms with E-state index in [0.717, 1.165) is 12.7 Å². The van der Waals surface area contributed by atoms with Crippen LogP contribution in [0.25, 0.3) is 0 Å². The Morgan fingerprint density at radius 3 is 2.62 bits per heavy atom. The molecule has 0 unspecified atom stereocenters. The predicted molar refractivity (Wildman–Crippen MR) is 51.5 cm³/mol. The van der Waals surface area contributed by atoms with E-state index in [0.29, 0.717) is 6.42 Å². The van der Waals surface area contributed by atoms with Gasteiger partial charge in [0, 0.05) is 0 Å². The number of hydrogen-bond donors (Lipinski definition) is 0. The largest absolute Gasteiger partial charge is 0.296 e. The maximum atomic E-state index is 11.2. The first-order valence-corrected chi connectivity index (χ1v) is 5.33. The van der Waals surface area contributed by atoms with E-state index < -0.39 is 10.1 Å². The van der Waals surface area contributed by atoms with Crippen LogP contribution in [0.1, 0.15) is 13.3 Å². The van der Waals surface area contributed by atoms with E-state index in [9.17, 15) is 8.42 Å². The summed E-state index contributed by atoms with van der Waals surface area (Å²) in [7, 11) is -2.37. The highest BCUT2D eigenvalue weighted by Crippen LogP contribution is 2.16. The summed E-state index contributed by atoms with van der Waals surface area (Å²) in [6.07, 6.45) is 7.52. The monoisotopic (exact) mass is 200 g/mol. The van der Waals surface area contributed by atoms with E-state index in [4.69, 9.17) is 0 Å². The Morgan fingerprint density at radius 1 is 1.31 bits per heavy atom. The van der Waals surface area contributed by atoms with Crippen LogP contribution in [0, 0.1) is 0 Å². The molecule has 1 rings (SSSR count). The van der Waals surface area contributed by atoms with Crippen LogP contribution >= 0.6 is 0 Å². The van der Waals surface area contributed by atoms with E-state index in [1.54, 1.807) is 18.2 Å². The molecule has 4 heteroatoms. The zero-order valence-electron chi connectivity index (χ0n) is 7.65. The molecule has 72 valence electrons. The summed E-state index contributed by atoms with van der Waals surface area (Å²) in [5, 5.41) is 0. The SMILES string of the molecule is COS(=O)(=O)C1=CCC=C(C)C=C1. The summed E-state index contributed by atoms with van der Waals surface area (Å²) >= 11 is 0. The van der Waals surface area contributed by atoms with Crippen molar-refractivity contribution >= 4 is 10.1 Å². The maximum Gasteiger partial charge on any atom is 0.296 e. The highest BCUT2D eigenvalue weighted by atomic mass is 32.2. The third-order valence-corrected chi connectivity index (χ3v) is 3.10. The van der Waals surface area contributed by atoms with Crippen molar-refractivity contribution in [3.05, 3.63) is 34.8 Å². The number of rotatable bonds is 2. The van der Waals surface area contributed by atoms with Crippen LogP contribution in [-0.4, -0.2) is 15.5 Å². The van der Waals surface area contributed by atoms with Gasteiger partial charge in [0.1, 0.15) is 0 Å². The molecule has 1 aliphatic carbocycles. The first-order chi connectivity index (χ1) is 6.06. The van der Waals surface area contributed by atoms with Crippen molar-refractivity contribution in [2.24, 2.45) is 0 Å². The van der Waals surface area contributed by atoms with Gasteiger partial charge in [0.05, 0.1) is 12.0 Å². The lowest BCUT2D eigenvalue weighted by molar-refractivity contribution is 0.404. The van der Waals surface area contributed by atoms with E-state index in [2.05, 4.69) is 4.18 Å². The molecule has 0 aromatic rings. The third kappa shape index (κ3) is 2.54. The van der Waals surface area contributed by atoms with Gasteiger partial charge < -0.3 is 0 Å². The van der Waals surface area contributed by atoms with E-state index in [1.807, 2.05) is 13.0 Å². The van der Waals surface area contributed by atoms with Crippen LogP contribution in [-0.2, 0) is 14.3 Å². The molecule has 0 fully saturated rings. The van der Waals surface area contributed by atoms with Crippen LogP contribution < -0.4 is 0 Å². The molecule has 0 saturated carbocycles. The average Bonchev–Trinajstić information content (AvgIpc) is 2.30. The van der Waals surface area contributed by atoms with Crippen molar-refractivity contribution in [1.29, 1.82) is 0 Å². The second-order valence-electron chi connectivity index (χ2n) is 2.74. The molecule has 13 heavy (non-hydrogen) atoms. The Balaban J connectivity index is 2.99. The molecule has 0 aliphatic heterocycles. The fourth-order valence-electron chi connectivity index (χ4n) is 0.992. The topological polar surface area (TPSA) is 43.4 Å². The number of allylic oxidation sites excluding steroid dienone is 5. The van der Waals surface area contributed by atoms with Gasteiger partial charge in [-0.1, -0.05) is 23.8 Å². The van der Waals surface area contributed by atoms with Crippen molar-refractivity contribution in [3.63, 3.8) is 0 Å². The van der Waals surface area contributed by atoms with Gasteiger partial charge in [-0.2, -0.15) is 8.42 Å². The van der Waals surface area contributed by atoms with E-state index in [-0.39, 0.29) is 4.91 Å². The summed E-state index contributed by atoms with van der Waals surface area (Å²) in [5.41, 5.74) is 1.05. The van der Waals surface area contributed by atoms with Crippen molar-refractivity contribution < 1.29 is 12.6 Å². The summed E-state index contributed by atoms with van der Waals surface area (Å²) < 4.78 is 26.9. The quantitative estimate of drug-likeness (QED) is 0.638. The molecule has 3 nitrogen and oxygen atoms in total. The highest BCUT2D eigenvalue weighted by Gasteiger charge is 2.13. The zero-order valence-corrected chi connectivity index (χ0v) is 8.47. The molecule has 0 aromatic carbocycles. The van der Waals surface area contributed by atoms with Crippen molar-refractivity contribution in [2.45, 2.75) is 13.3 Å². The van der Waals surface area contributed by atoms with Crippen LogP contribution in [0.4, 0.5) is 0 Å². The molecule has 0 bridgehead atoms. The first kappa shape index (κ1) is 10.2. The summed E-state index contributed by atoms with van der Waals surface area (Å²) in [5.74, 6) is 0. The standard InChI is InChI=1S/C9H12O3S/c1-8-4-3-5-9(7-6-8)13(10,11)12-2/h4-7H,3H2,1-2H3. The lowest BCUT2D eigenvalue weighted by atomic mass is 10.2. The van der Waals surface area contributed by atoms with E-state index in [1.165, 1.54) is 0 Å². The molecule has 0 saturated heterocycles. The predicted octanol–water partition coefficient (Wildman–Crippen LogP) is 1.75. The Bertz CT molecular complexity index is 372. The maximum absolute atomic E-state index is 11.2. The molecule has 0 amide bonds. The van der Waals surface area contributed by atoms with Gasteiger partial charge in [-0.05, 0) is 19.4 Å². The van der Waals surface area contributed by atoms with Crippen LogP contribution in [0.3, 0.4) is 0 Å². The van der Waals surface area contributed by atoms with Gasteiger partial charge in [-0.25, -0.2) is 0 Å². The molecular weight excluding hydrogens is 188 g/mol. The minimum Gasteiger partial charge on any atom is -0.270 e. The summed E-state index contributed by atoms with van der Waals surface area (Å²) in [6, 6.07) is 0.